The average molecular weight is 316 g/mol. The van der Waals surface area contributed by atoms with E-state index in [2.05, 4.69) is 11.2 Å². The van der Waals surface area contributed by atoms with Crippen LogP contribution in [0.1, 0.15) is 0 Å². The molecule has 0 aliphatic carbocycles. The summed E-state index contributed by atoms with van der Waals surface area (Å²) >= 11 is 0. The summed E-state index contributed by atoms with van der Waals surface area (Å²) < 4.78 is 26.0. The first-order valence-electron chi connectivity index (χ1n) is 6.60. The van der Waals surface area contributed by atoms with Crippen molar-refractivity contribution in [1.82, 2.24) is 9.62 Å². The highest BCUT2D eigenvalue weighted by Gasteiger charge is 2.22. The Bertz CT molecular complexity index is 838. The van der Waals surface area contributed by atoms with Gasteiger partial charge in [-0.25, -0.2) is 8.42 Å². The molecule has 0 atom stereocenters. The molecule has 0 saturated heterocycles. The van der Waals surface area contributed by atoms with Crippen LogP contribution in [0.5, 0.6) is 0 Å². The number of nitrogens with one attached hydrogen (secondary N) is 1. The highest BCUT2D eigenvalue weighted by molar-refractivity contribution is 7.89. The predicted octanol–water partition coefficient (Wildman–Crippen LogP) is 1.21. The van der Waals surface area contributed by atoms with Gasteiger partial charge in [-0.2, -0.15) is 4.31 Å². The number of amides is 1. The second-order valence-corrected chi connectivity index (χ2v) is 6.80. The molecular weight excluding hydrogens is 300 g/mol. The van der Waals surface area contributed by atoms with Crippen molar-refractivity contribution in [2.24, 2.45) is 0 Å². The van der Waals surface area contributed by atoms with Crippen LogP contribution >= 0.6 is 0 Å². The molecule has 0 fully saturated rings. The SMILES string of the molecule is C#CCNC(=O)CN(C)S(=O)(=O)c1ccc2ccccc2c1. The summed E-state index contributed by atoms with van der Waals surface area (Å²) in [7, 11) is -2.37. The van der Waals surface area contributed by atoms with Crippen molar-refractivity contribution in [1.29, 1.82) is 0 Å². The van der Waals surface area contributed by atoms with Gasteiger partial charge < -0.3 is 5.32 Å². The van der Waals surface area contributed by atoms with Crippen LogP contribution in [0.15, 0.2) is 47.4 Å². The molecule has 0 radical (unpaired) electrons. The number of nitrogens with zero attached hydrogens (tertiary/aromatic N) is 1. The van der Waals surface area contributed by atoms with E-state index < -0.39 is 15.9 Å². The van der Waals surface area contributed by atoms with Gasteiger partial charge in [-0.05, 0) is 22.9 Å². The van der Waals surface area contributed by atoms with Gasteiger partial charge in [-0.3, -0.25) is 4.79 Å². The maximum Gasteiger partial charge on any atom is 0.243 e. The average Bonchev–Trinajstić information content (AvgIpc) is 2.52. The predicted molar refractivity (Wildman–Crippen MR) is 85.6 cm³/mol. The molecule has 0 saturated carbocycles. The van der Waals surface area contributed by atoms with E-state index in [1.807, 2.05) is 24.3 Å². The molecule has 2 rings (SSSR count). The number of hydrogen-bond donors (Lipinski definition) is 1. The van der Waals surface area contributed by atoms with Crippen LogP contribution in [0.3, 0.4) is 0 Å². The summed E-state index contributed by atoms with van der Waals surface area (Å²) in [5, 5.41) is 4.22. The fourth-order valence-corrected chi connectivity index (χ4v) is 3.16. The minimum absolute atomic E-state index is 0.0721. The van der Waals surface area contributed by atoms with Crippen LogP contribution in [0.2, 0.25) is 0 Å². The third-order valence-corrected chi connectivity index (χ3v) is 4.98. The lowest BCUT2D eigenvalue weighted by Crippen LogP contribution is -2.38. The number of carbonyl (C=O) groups is 1. The molecule has 0 heterocycles. The number of rotatable bonds is 5. The van der Waals surface area contributed by atoms with Gasteiger partial charge in [-0.15, -0.1) is 6.42 Å². The number of sulfonamides is 1. The molecule has 0 aromatic heterocycles. The molecule has 2 aromatic rings. The van der Waals surface area contributed by atoms with Crippen LogP contribution in [0.25, 0.3) is 10.8 Å². The molecule has 0 spiro atoms. The van der Waals surface area contributed by atoms with Gasteiger partial charge >= 0.3 is 0 Å². The van der Waals surface area contributed by atoms with E-state index in [-0.39, 0.29) is 18.0 Å². The van der Waals surface area contributed by atoms with Crippen LogP contribution in [-0.2, 0) is 14.8 Å². The third-order valence-electron chi connectivity index (χ3n) is 3.18. The largest absolute Gasteiger partial charge is 0.344 e. The van der Waals surface area contributed by atoms with E-state index in [9.17, 15) is 13.2 Å². The Labute approximate surface area is 130 Å². The third kappa shape index (κ3) is 3.45. The molecule has 0 bridgehead atoms. The van der Waals surface area contributed by atoms with E-state index in [1.165, 1.54) is 13.1 Å². The highest BCUT2D eigenvalue weighted by atomic mass is 32.2. The van der Waals surface area contributed by atoms with Crippen LogP contribution in [-0.4, -0.2) is 38.8 Å². The maximum absolute atomic E-state index is 12.5. The van der Waals surface area contributed by atoms with E-state index in [4.69, 9.17) is 6.42 Å². The van der Waals surface area contributed by atoms with Gasteiger partial charge in [0.15, 0.2) is 0 Å². The number of hydrogen-bond acceptors (Lipinski definition) is 3. The molecule has 0 aliphatic rings. The zero-order valence-corrected chi connectivity index (χ0v) is 12.9. The smallest absolute Gasteiger partial charge is 0.243 e. The standard InChI is InChI=1S/C16H16N2O3S/c1-3-10-17-16(19)12-18(2)22(20,21)15-9-8-13-6-4-5-7-14(13)11-15/h1,4-9,11H,10,12H2,2H3,(H,17,19). The number of terminal acetylenes is 1. The lowest BCUT2D eigenvalue weighted by atomic mass is 10.1. The summed E-state index contributed by atoms with van der Waals surface area (Å²) in [5.41, 5.74) is 0. The maximum atomic E-state index is 12.5. The molecular formula is C16H16N2O3S. The van der Waals surface area contributed by atoms with Crippen molar-refractivity contribution in [2.75, 3.05) is 20.1 Å². The van der Waals surface area contributed by atoms with E-state index in [0.717, 1.165) is 15.1 Å². The molecule has 1 N–H and O–H groups in total. The van der Waals surface area contributed by atoms with Crippen LogP contribution in [0.4, 0.5) is 0 Å². The van der Waals surface area contributed by atoms with Gasteiger partial charge in [0, 0.05) is 7.05 Å². The monoisotopic (exact) mass is 316 g/mol. The van der Waals surface area contributed by atoms with Crippen molar-refractivity contribution in [3.8, 4) is 12.3 Å². The topological polar surface area (TPSA) is 66.5 Å². The van der Waals surface area contributed by atoms with E-state index in [1.54, 1.807) is 12.1 Å². The zero-order valence-electron chi connectivity index (χ0n) is 12.1. The van der Waals surface area contributed by atoms with Crippen molar-refractivity contribution < 1.29 is 13.2 Å². The minimum atomic E-state index is -3.73. The van der Waals surface area contributed by atoms with Crippen molar-refractivity contribution >= 4 is 26.7 Å². The number of carbonyl (C=O) groups excluding carboxylic acids is 1. The Balaban J connectivity index is 2.24. The Hall–Kier alpha value is -2.36. The molecule has 6 heteroatoms. The van der Waals surface area contributed by atoms with E-state index in [0.29, 0.717) is 0 Å². The first kappa shape index (κ1) is 16.0. The summed E-state index contributed by atoms with van der Waals surface area (Å²) in [6.07, 6.45) is 5.04. The first-order chi connectivity index (χ1) is 10.4. The van der Waals surface area contributed by atoms with Crippen molar-refractivity contribution in [3.05, 3.63) is 42.5 Å². The quantitative estimate of drug-likeness (QED) is 0.843. The normalized spacial score (nSPS) is 11.3. The highest BCUT2D eigenvalue weighted by Crippen LogP contribution is 2.21. The molecule has 2 aromatic carbocycles. The number of likely N-dealkylation sites (N-methyl/N-ethyl adjacent to an activating group) is 1. The fourth-order valence-electron chi connectivity index (χ4n) is 2.00. The summed E-state index contributed by atoms with van der Waals surface area (Å²) in [4.78, 5) is 11.7. The Morgan fingerprint density at radius 2 is 1.91 bits per heavy atom. The summed E-state index contributed by atoms with van der Waals surface area (Å²) in [5.74, 6) is 1.82. The van der Waals surface area contributed by atoms with Crippen molar-refractivity contribution in [2.45, 2.75) is 4.90 Å². The Morgan fingerprint density at radius 1 is 1.23 bits per heavy atom. The first-order valence-corrected chi connectivity index (χ1v) is 8.04. The van der Waals surface area contributed by atoms with Gasteiger partial charge in [0.05, 0.1) is 18.0 Å². The Kier molecular flexibility index (Phi) is 4.81. The molecule has 114 valence electrons. The summed E-state index contributed by atoms with van der Waals surface area (Å²) in [6, 6.07) is 12.4. The molecule has 0 aliphatic heterocycles. The minimum Gasteiger partial charge on any atom is -0.344 e. The van der Waals surface area contributed by atoms with Crippen LogP contribution < -0.4 is 5.32 Å². The van der Waals surface area contributed by atoms with E-state index >= 15 is 0 Å². The second-order valence-electron chi connectivity index (χ2n) is 4.75. The molecule has 1 amide bonds. The van der Waals surface area contributed by atoms with Gasteiger partial charge in [0.2, 0.25) is 15.9 Å². The summed E-state index contributed by atoms with van der Waals surface area (Å²) in [6.45, 7) is -0.209. The van der Waals surface area contributed by atoms with Gasteiger partial charge in [0.1, 0.15) is 0 Å². The molecule has 0 unspecified atom stereocenters. The molecule has 5 nitrogen and oxygen atoms in total. The molecule has 22 heavy (non-hydrogen) atoms. The number of fused-ring (bicyclic) bond motifs is 1. The van der Waals surface area contributed by atoms with Gasteiger partial charge in [0.25, 0.3) is 0 Å². The van der Waals surface area contributed by atoms with Crippen molar-refractivity contribution in [3.63, 3.8) is 0 Å². The van der Waals surface area contributed by atoms with Crippen LogP contribution in [0, 0.1) is 12.3 Å². The van der Waals surface area contributed by atoms with Gasteiger partial charge in [-0.1, -0.05) is 36.3 Å². The lowest BCUT2D eigenvalue weighted by Gasteiger charge is -2.16. The second kappa shape index (κ2) is 6.60. The Morgan fingerprint density at radius 3 is 2.59 bits per heavy atom. The number of benzene rings is 2. The zero-order chi connectivity index (χ0) is 16.2. The lowest BCUT2D eigenvalue weighted by molar-refractivity contribution is -0.120. The fraction of sp³-hybridized carbons (Fsp3) is 0.188.